The number of hydrogen-bond acceptors (Lipinski definition) is 7. The number of thioether (sulfide) groups is 1. The van der Waals surface area contributed by atoms with Crippen molar-refractivity contribution in [2.24, 2.45) is 0 Å². The fourth-order valence-corrected chi connectivity index (χ4v) is 3.87. The van der Waals surface area contributed by atoms with Crippen molar-refractivity contribution in [1.29, 1.82) is 0 Å². The number of para-hydroxylation sites is 1. The summed E-state index contributed by atoms with van der Waals surface area (Å²) < 4.78 is 31.9. The Kier molecular flexibility index (Phi) is 7.60. The van der Waals surface area contributed by atoms with Crippen LogP contribution in [-0.2, 0) is 14.8 Å². The zero-order chi connectivity index (χ0) is 19.9. The van der Waals surface area contributed by atoms with Gasteiger partial charge in [0.25, 0.3) is 5.69 Å². The molecule has 1 N–H and O–H groups in total. The summed E-state index contributed by atoms with van der Waals surface area (Å²) in [5, 5.41) is 10.4. The lowest BCUT2D eigenvalue weighted by molar-refractivity contribution is -0.384. The number of nitro groups is 1. The van der Waals surface area contributed by atoms with Crippen LogP contribution in [0, 0.1) is 10.1 Å². The van der Waals surface area contributed by atoms with Crippen molar-refractivity contribution in [2.45, 2.75) is 4.90 Å². The van der Waals surface area contributed by atoms with Gasteiger partial charge in [-0.3, -0.25) is 14.9 Å². The van der Waals surface area contributed by atoms with Crippen LogP contribution >= 0.6 is 23.4 Å². The molecule has 0 amide bonds. The molecule has 0 aliphatic rings. The van der Waals surface area contributed by atoms with Gasteiger partial charge in [0.1, 0.15) is 10.8 Å². The summed E-state index contributed by atoms with van der Waals surface area (Å²) in [7, 11) is -3.96. The lowest BCUT2D eigenvalue weighted by atomic mass is 10.3. The number of halogens is 1. The van der Waals surface area contributed by atoms with E-state index in [2.05, 4.69) is 4.72 Å². The summed E-state index contributed by atoms with van der Waals surface area (Å²) in [6.07, 6.45) is 0. The van der Waals surface area contributed by atoms with E-state index in [0.29, 0.717) is 5.75 Å². The van der Waals surface area contributed by atoms with E-state index >= 15 is 0 Å². The molecule has 0 radical (unpaired) electrons. The second-order valence-electron chi connectivity index (χ2n) is 5.09. The maximum Gasteiger partial charge on any atom is 0.289 e. The molecule has 0 bridgehead atoms. The van der Waals surface area contributed by atoms with Gasteiger partial charge in [0.2, 0.25) is 15.1 Å². The highest BCUT2D eigenvalue weighted by atomic mass is 35.5. The first-order chi connectivity index (χ1) is 12.8. The second-order valence-corrected chi connectivity index (χ2v) is 8.42. The van der Waals surface area contributed by atoms with Gasteiger partial charge in [-0.1, -0.05) is 41.6 Å². The first-order valence-electron chi connectivity index (χ1n) is 7.56. The van der Waals surface area contributed by atoms with E-state index in [4.69, 9.17) is 16.3 Å². The van der Waals surface area contributed by atoms with Crippen molar-refractivity contribution in [2.75, 3.05) is 18.9 Å². The summed E-state index contributed by atoms with van der Waals surface area (Å²) in [4.78, 5) is 21.6. The number of nitrogens with one attached hydrogen (secondary N) is 1. The highest BCUT2D eigenvalue weighted by Crippen LogP contribution is 2.26. The molecule has 0 unspecified atom stereocenters. The van der Waals surface area contributed by atoms with Gasteiger partial charge in [-0.15, -0.1) is 0 Å². The molecule has 0 aromatic heterocycles. The highest BCUT2D eigenvalue weighted by Gasteiger charge is 2.20. The Labute approximate surface area is 165 Å². The van der Waals surface area contributed by atoms with E-state index in [9.17, 15) is 23.3 Å². The first-order valence-corrected chi connectivity index (χ1v) is 10.4. The second kappa shape index (κ2) is 9.70. The molecule has 0 heterocycles. The quantitative estimate of drug-likeness (QED) is 0.369. The number of benzene rings is 2. The smallest absolute Gasteiger partial charge is 0.289 e. The molecule has 2 aromatic rings. The van der Waals surface area contributed by atoms with Gasteiger partial charge in [0, 0.05) is 18.4 Å². The molecule has 2 rings (SSSR count). The predicted octanol–water partition coefficient (Wildman–Crippen LogP) is 2.87. The average Bonchev–Trinajstić information content (AvgIpc) is 2.64. The van der Waals surface area contributed by atoms with Gasteiger partial charge >= 0.3 is 0 Å². The topological polar surface area (TPSA) is 116 Å². The monoisotopic (exact) mass is 430 g/mol. The molecule has 0 atom stereocenters. The molecule has 0 fully saturated rings. The van der Waals surface area contributed by atoms with Crippen molar-refractivity contribution in [3.63, 3.8) is 0 Å². The van der Waals surface area contributed by atoms with Crippen LogP contribution in [0.15, 0.2) is 53.4 Å². The Balaban J connectivity index is 1.81. The summed E-state index contributed by atoms with van der Waals surface area (Å²) in [6, 6.07) is 12.0. The van der Waals surface area contributed by atoms with Crippen LogP contribution in [0.2, 0.25) is 5.02 Å². The largest absolute Gasteiger partial charge is 0.485 e. The molecular formula is C16H15ClN2O6S2. The van der Waals surface area contributed by atoms with E-state index in [1.165, 1.54) is 6.07 Å². The normalized spacial score (nSPS) is 11.1. The van der Waals surface area contributed by atoms with Gasteiger partial charge in [-0.25, -0.2) is 13.1 Å². The van der Waals surface area contributed by atoms with E-state index in [1.54, 1.807) is 24.3 Å². The number of carbonyl (C=O) groups is 1. The zero-order valence-corrected chi connectivity index (χ0v) is 16.2. The Hall–Kier alpha value is -2.14. The summed E-state index contributed by atoms with van der Waals surface area (Å²) in [5.41, 5.74) is -0.498. The number of sulfonamides is 1. The average molecular weight is 431 g/mol. The Morgan fingerprint density at radius 2 is 1.93 bits per heavy atom. The molecule has 144 valence electrons. The van der Waals surface area contributed by atoms with Crippen LogP contribution in [0.25, 0.3) is 0 Å². The van der Waals surface area contributed by atoms with Crippen molar-refractivity contribution in [3.05, 3.63) is 63.7 Å². The minimum atomic E-state index is -3.96. The van der Waals surface area contributed by atoms with Crippen LogP contribution in [0.3, 0.4) is 0 Å². The van der Waals surface area contributed by atoms with E-state index < -0.39 is 20.6 Å². The van der Waals surface area contributed by atoms with Crippen LogP contribution in [-0.4, -0.2) is 37.4 Å². The third-order valence-corrected chi connectivity index (χ3v) is 5.81. The fourth-order valence-electron chi connectivity index (χ4n) is 1.92. The van der Waals surface area contributed by atoms with E-state index in [0.717, 1.165) is 23.9 Å². The fraction of sp³-hybridized carbons (Fsp3) is 0.188. The molecule has 0 spiro atoms. The number of ether oxygens (including phenoxy) is 1. The van der Waals surface area contributed by atoms with Crippen LogP contribution in [0.5, 0.6) is 5.75 Å². The summed E-state index contributed by atoms with van der Waals surface area (Å²) >= 11 is 6.59. The lowest BCUT2D eigenvalue weighted by Gasteiger charge is -2.07. The predicted molar refractivity (Wildman–Crippen MR) is 103 cm³/mol. The summed E-state index contributed by atoms with van der Waals surface area (Å²) in [6.45, 7) is -0.161. The standard InChI is InChI=1S/C16H15ClN2O6S2/c17-14-7-6-13(10-15(14)19(21)22)27(23,24)18-8-9-26-16(20)11-25-12-4-2-1-3-5-12/h1-7,10,18H,8-9,11H2. The Morgan fingerprint density at radius 1 is 1.22 bits per heavy atom. The van der Waals surface area contributed by atoms with Crippen molar-refractivity contribution >= 4 is 44.2 Å². The molecular weight excluding hydrogens is 416 g/mol. The molecule has 0 aliphatic heterocycles. The van der Waals surface area contributed by atoms with Crippen molar-refractivity contribution < 1.29 is 22.9 Å². The number of nitro benzene ring substituents is 1. The first kappa shape index (κ1) is 21.2. The van der Waals surface area contributed by atoms with Crippen LogP contribution in [0.4, 0.5) is 5.69 Å². The van der Waals surface area contributed by atoms with E-state index in [-0.39, 0.29) is 33.9 Å². The van der Waals surface area contributed by atoms with Crippen LogP contribution in [0.1, 0.15) is 0 Å². The number of carbonyl (C=O) groups excluding carboxylic acids is 1. The minimum Gasteiger partial charge on any atom is -0.485 e. The molecule has 0 saturated heterocycles. The highest BCUT2D eigenvalue weighted by molar-refractivity contribution is 8.13. The lowest BCUT2D eigenvalue weighted by Crippen LogP contribution is -2.26. The van der Waals surface area contributed by atoms with Crippen molar-refractivity contribution in [1.82, 2.24) is 4.72 Å². The number of hydrogen-bond donors (Lipinski definition) is 1. The van der Waals surface area contributed by atoms with Gasteiger partial charge < -0.3 is 4.74 Å². The Bertz CT molecular complexity index is 922. The molecule has 27 heavy (non-hydrogen) atoms. The van der Waals surface area contributed by atoms with E-state index in [1.807, 2.05) is 6.07 Å². The third-order valence-electron chi connectivity index (χ3n) is 3.18. The van der Waals surface area contributed by atoms with Gasteiger partial charge in [0.15, 0.2) is 6.61 Å². The van der Waals surface area contributed by atoms with Gasteiger partial charge in [-0.05, 0) is 24.3 Å². The minimum absolute atomic E-state index is 0.0273. The molecule has 0 aliphatic carbocycles. The third kappa shape index (κ3) is 6.51. The molecule has 11 heteroatoms. The number of nitrogens with zero attached hydrogens (tertiary/aromatic N) is 1. The van der Waals surface area contributed by atoms with Crippen molar-refractivity contribution in [3.8, 4) is 5.75 Å². The van der Waals surface area contributed by atoms with Gasteiger partial charge in [0.05, 0.1) is 9.82 Å². The Morgan fingerprint density at radius 3 is 2.59 bits per heavy atom. The number of rotatable bonds is 9. The molecule has 8 nitrogen and oxygen atoms in total. The summed E-state index contributed by atoms with van der Waals surface area (Å²) in [5.74, 6) is 0.753. The van der Waals surface area contributed by atoms with Crippen LogP contribution < -0.4 is 9.46 Å². The molecule has 0 saturated carbocycles. The van der Waals surface area contributed by atoms with Gasteiger partial charge in [-0.2, -0.15) is 0 Å². The maximum atomic E-state index is 12.2. The molecule has 2 aromatic carbocycles. The maximum absolute atomic E-state index is 12.2. The zero-order valence-electron chi connectivity index (χ0n) is 13.8. The SMILES string of the molecule is O=C(COc1ccccc1)SCCNS(=O)(=O)c1ccc(Cl)c([N+](=O)[O-])c1.